The molecule has 4 rings (SSSR count). The van der Waals surface area contributed by atoms with E-state index in [-0.39, 0.29) is 5.56 Å². The fourth-order valence-electron chi connectivity index (χ4n) is 3.10. The summed E-state index contributed by atoms with van der Waals surface area (Å²) >= 11 is 3.11. The summed E-state index contributed by atoms with van der Waals surface area (Å²) in [5.74, 6) is 1.81. The second-order valence-corrected chi connectivity index (χ2v) is 8.73. The average molecular weight is 423 g/mol. The van der Waals surface area contributed by atoms with Gasteiger partial charge in [-0.15, -0.1) is 11.3 Å². The first-order valence-electron chi connectivity index (χ1n) is 9.60. The molecule has 2 heterocycles. The van der Waals surface area contributed by atoms with E-state index >= 15 is 0 Å². The van der Waals surface area contributed by atoms with E-state index in [9.17, 15) is 4.79 Å². The topological polar surface area (TPSA) is 55.0 Å². The van der Waals surface area contributed by atoms with Gasteiger partial charge < -0.3 is 9.72 Å². The van der Waals surface area contributed by atoms with Crippen molar-refractivity contribution in [2.24, 2.45) is 0 Å². The second-order valence-electron chi connectivity index (χ2n) is 6.79. The van der Waals surface area contributed by atoms with Gasteiger partial charge in [-0.1, -0.05) is 54.2 Å². The number of hydrogen-bond donors (Lipinski definition) is 1. The van der Waals surface area contributed by atoms with Crippen molar-refractivity contribution in [3.63, 3.8) is 0 Å². The Hall–Kier alpha value is -2.57. The van der Waals surface area contributed by atoms with Gasteiger partial charge in [0.15, 0.2) is 5.16 Å². The SMILES string of the molecule is Cc1cccc(OCCCCSc2nc3scc(-c4ccccc4)c3c(=O)[nH]2)c1. The third kappa shape index (κ3) is 4.89. The van der Waals surface area contributed by atoms with Crippen LogP contribution in [0.15, 0.2) is 69.9 Å². The van der Waals surface area contributed by atoms with E-state index in [1.165, 1.54) is 16.9 Å². The molecule has 0 aliphatic carbocycles. The molecule has 2 aromatic heterocycles. The van der Waals surface area contributed by atoms with Crippen molar-refractivity contribution >= 4 is 33.3 Å². The lowest BCUT2D eigenvalue weighted by Gasteiger charge is -2.06. The van der Waals surface area contributed by atoms with Gasteiger partial charge in [0, 0.05) is 16.7 Å². The molecule has 6 heteroatoms. The molecule has 4 aromatic rings. The minimum atomic E-state index is -0.0691. The molecule has 0 spiro atoms. The Morgan fingerprint density at radius 1 is 1.10 bits per heavy atom. The number of nitrogens with one attached hydrogen (secondary N) is 1. The van der Waals surface area contributed by atoms with Gasteiger partial charge in [-0.3, -0.25) is 4.79 Å². The van der Waals surface area contributed by atoms with E-state index in [1.807, 2.05) is 53.9 Å². The van der Waals surface area contributed by atoms with Crippen molar-refractivity contribution in [3.05, 3.63) is 75.9 Å². The van der Waals surface area contributed by atoms with Gasteiger partial charge in [-0.25, -0.2) is 4.98 Å². The van der Waals surface area contributed by atoms with Crippen LogP contribution in [0.25, 0.3) is 21.3 Å². The zero-order valence-corrected chi connectivity index (χ0v) is 17.8. The molecule has 0 fully saturated rings. The van der Waals surface area contributed by atoms with Crippen LogP contribution in [0.2, 0.25) is 0 Å². The molecule has 0 bridgehead atoms. The third-order valence-electron chi connectivity index (χ3n) is 4.54. The fourth-order valence-corrected chi connectivity index (χ4v) is 4.96. The number of aromatic nitrogens is 2. The van der Waals surface area contributed by atoms with Crippen LogP contribution in [0.5, 0.6) is 5.75 Å². The van der Waals surface area contributed by atoms with Crippen LogP contribution in [-0.2, 0) is 0 Å². The van der Waals surface area contributed by atoms with Gasteiger partial charge in [0.25, 0.3) is 5.56 Å². The molecule has 0 saturated heterocycles. The number of ether oxygens (including phenoxy) is 1. The number of aryl methyl sites for hydroxylation is 1. The summed E-state index contributed by atoms with van der Waals surface area (Å²) in [5.41, 5.74) is 3.12. The van der Waals surface area contributed by atoms with Gasteiger partial charge in [0.05, 0.1) is 12.0 Å². The highest BCUT2D eigenvalue weighted by atomic mass is 32.2. The molecular formula is C23H22N2O2S2. The molecule has 0 radical (unpaired) electrons. The number of thiophene rings is 1. The van der Waals surface area contributed by atoms with Gasteiger partial charge >= 0.3 is 0 Å². The quantitative estimate of drug-likeness (QED) is 0.218. The van der Waals surface area contributed by atoms with Crippen LogP contribution in [0.4, 0.5) is 0 Å². The third-order valence-corrected chi connectivity index (χ3v) is 6.37. The lowest BCUT2D eigenvalue weighted by atomic mass is 10.1. The first-order chi connectivity index (χ1) is 14.2. The van der Waals surface area contributed by atoms with E-state index < -0.39 is 0 Å². The van der Waals surface area contributed by atoms with E-state index in [4.69, 9.17) is 4.74 Å². The number of rotatable bonds is 8. The molecule has 2 aromatic carbocycles. The van der Waals surface area contributed by atoms with E-state index in [1.54, 1.807) is 11.8 Å². The number of unbranched alkanes of at least 4 members (excludes halogenated alkanes) is 1. The van der Waals surface area contributed by atoms with Crippen molar-refractivity contribution in [1.29, 1.82) is 0 Å². The molecule has 0 atom stereocenters. The number of nitrogens with zero attached hydrogens (tertiary/aromatic N) is 1. The van der Waals surface area contributed by atoms with Crippen LogP contribution in [0, 0.1) is 6.92 Å². The summed E-state index contributed by atoms with van der Waals surface area (Å²) in [5, 5.41) is 3.37. The fraction of sp³-hybridized carbons (Fsp3) is 0.217. The molecule has 29 heavy (non-hydrogen) atoms. The Morgan fingerprint density at radius 2 is 1.97 bits per heavy atom. The molecule has 0 saturated carbocycles. The lowest BCUT2D eigenvalue weighted by molar-refractivity contribution is 0.309. The van der Waals surface area contributed by atoms with Crippen LogP contribution in [0.3, 0.4) is 0 Å². The average Bonchev–Trinajstić information content (AvgIpc) is 3.16. The number of benzene rings is 2. The van der Waals surface area contributed by atoms with Crippen LogP contribution in [-0.4, -0.2) is 22.3 Å². The molecule has 0 aliphatic heterocycles. The van der Waals surface area contributed by atoms with Crippen molar-refractivity contribution in [1.82, 2.24) is 9.97 Å². The molecule has 0 aliphatic rings. The van der Waals surface area contributed by atoms with Gasteiger partial charge in [-0.2, -0.15) is 0 Å². The number of H-pyrrole nitrogens is 1. The number of aromatic amines is 1. The van der Waals surface area contributed by atoms with E-state index in [2.05, 4.69) is 23.0 Å². The van der Waals surface area contributed by atoms with Crippen molar-refractivity contribution in [2.45, 2.75) is 24.9 Å². The summed E-state index contributed by atoms with van der Waals surface area (Å²) in [6.07, 6.45) is 1.96. The second kappa shape index (κ2) is 9.29. The van der Waals surface area contributed by atoms with Crippen molar-refractivity contribution < 1.29 is 4.74 Å². The smallest absolute Gasteiger partial charge is 0.260 e. The van der Waals surface area contributed by atoms with Gasteiger partial charge in [0.2, 0.25) is 0 Å². The number of fused-ring (bicyclic) bond motifs is 1. The van der Waals surface area contributed by atoms with E-state index in [0.29, 0.717) is 17.1 Å². The minimum absolute atomic E-state index is 0.0691. The summed E-state index contributed by atoms with van der Waals surface area (Å²) in [4.78, 5) is 21.0. The summed E-state index contributed by atoms with van der Waals surface area (Å²) < 4.78 is 5.78. The van der Waals surface area contributed by atoms with Crippen LogP contribution in [0.1, 0.15) is 18.4 Å². The summed E-state index contributed by atoms with van der Waals surface area (Å²) in [7, 11) is 0. The summed E-state index contributed by atoms with van der Waals surface area (Å²) in [6.45, 7) is 2.75. The lowest BCUT2D eigenvalue weighted by Crippen LogP contribution is -2.08. The zero-order valence-electron chi connectivity index (χ0n) is 16.2. The maximum absolute atomic E-state index is 12.7. The predicted octanol–water partition coefficient (Wildman–Crippen LogP) is 5.91. The maximum Gasteiger partial charge on any atom is 0.260 e. The first kappa shape index (κ1) is 19.7. The van der Waals surface area contributed by atoms with Crippen LogP contribution >= 0.6 is 23.1 Å². The number of hydrogen-bond acceptors (Lipinski definition) is 5. The molecule has 0 unspecified atom stereocenters. The summed E-state index contributed by atoms with van der Waals surface area (Å²) in [6, 6.07) is 18.1. The Balaban J connectivity index is 1.33. The molecule has 148 valence electrons. The largest absolute Gasteiger partial charge is 0.494 e. The van der Waals surface area contributed by atoms with Gasteiger partial charge in [0.1, 0.15) is 10.6 Å². The van der Waals surface area contributed by atoms with Crippen LogP contribution < -0.4 is 10.3 Å². The molecular weight excluding hydrogens is 400 g/mol. The van der Waals surface area contributed by atoms with Gasteiger partial charge in [-0.05, 0) is 43.0 Å². The highest BCUT2D eigenvalue weighted by Crippen LogP contribution is 2.31. The normalized spacial score (nSPS) is 11.1. The first-order valence-corrected chi connectivity index (χ1v) is 11.5. The van der Waals surface area contributed by atoms with Crippen molar-refractivity contribution in [2.75, 3.05) is 12.4 Å². The molecule has 0 amide bonds. The highest BCUT2D eigenvalue weighted by Gasteiger charge is 2.12. The minimum Gasteiger partial charge on any atom is -0.494 e. The monoisotopic (exact) mass is 422 g/mol. The number of thioether (sulfide) groups is 1. The Labute approximate surface area is 178 Å². The zero-order chi connectivity index (χ0) is 20.1. The highest BCUT2D eigenvalue weighted by molar-refractivity contribution is 7.99. The maximum atomic E-state index is 12.7. The molecule has 1 N–H and O–H groups in total. The Morgan fingerprint density at radius 3 is 2.79 bits per heavy atom. The standard InChI is InChI=1S/C23H22N2O2S2/c1-16-8-7-11-18(14-16)27-12-5-6-13-28-23-24-21(26)20-19(15-29-22(20)25-23)17-9-3-2-4-10-17/h2-4,7-11,14-15H,5-6,12-13H2,1H3,(H,24,25,26). The molecule has 4 nitrogen and oxygen atoms in total. The Kier molecular flexibility index (Phi) is 6.32. The Bertz CT molecular complexity index is 1150. The van der Waals surface area contributed by atoms with E-state index in [0.717, 1.165) is 40.3 Å². The predicted molar refractivity (Wildman–Crippen MR) is 122 cm³/mol. The van der Waals surface area contributed by atoms with Crippen molar-refractivity contribution in [3.8, 4) is 16.9 Å².